The van der Waals surface area contributed by atoms with Gasteiger partial charge in [0.15, 0.2) is 0 Å². The molecule has 0 radical (unpaired) electrons. The van der Waals surface area contributed by atoms with E-state index in [2.05, 4.69) is 13.8 Å². The van der Waals surface area contributed by atoms with E-state index in [1.165, 1.54) is 19.3 Å². The summed E-state index contributed by atoms with van der Waals surface area (Å²) < 4.78 is 0. The quantitative estimate of drug-likeness (QED) is 0.846. The number of nitrogens with two attached hydrogens (primary N) is 1. The number of nitrogens with zero attached hydrogens (tertiary/aromatic N) is 2. The van der Waals surface area contributed by atoms with Gasteiger partial charge in [-0.1, -0.05) is 26.7 Å². The summed E-state index contributed by atoms with van der Waals surface area (Å²) in [6.07, 6.45) is 6.94. The molecule has 2 amide bonds. The lowest BCUT2D eigenvalue weighted by Gasteiger charge is -2.48. The van der Waals surface area contributed by atoms with Crippen LogP contribution in [0.15, 0.2) is 0 Å². The van der Waals surface area contributed by atoms with Crippen LogP contribution < -0.4 is 5.73 Å². The van der Waals surface area contributed by atoms with Crippen LogP contribution >= 0.6 is 0 Å². The number of piperidine rings is 1. The highest BCUT2D eigenvalue weighted by Gasteiger charge is 2.41. The van der Waals surface area contributed by atoms with Gasteiger partial charge in [-0.05, 0) is 37.5 Å². The van der Waals surface area contributed by atoms with Crippen LogP contribution in [0, 0.1) is 11.8 Å². The van der Waals surface area contributed by atoms with Gasteiger partial charge in [-0.2, -0.15) is 0 Å². The van der Waals surface area contributed by atoms with E-state index in [0.717, 1.165) is 32.4 Å². The Bertz CT molecular complexity index is 347. The van der Waals surface area contributed by atoms with Gasteiger partial charge in [-0.15, -0.1) is 0 Å². The predicted molar refractivity (Wildman–Crippen MR) is 82.5 cm³/mol. The number of likely N-dealkylation sites (N-methyl/N-ethyl adjacent to an activating group) is 1. The van der Waals surface area contributed by atoms with Crippen molar-refractivity contribution in [3.63, 3.8) is 0 Å². The summed E-state index contributed by atoms with van der Waals surface area (Å²) in [5, 5.41) is 0. The Morgan fingerprint density at radius 1 is 1.30 bits per heavy atom. The molecule has 3 unspecified atom stereocenters. The fraction of sp³-hybridized carbons (Fsp3) is 0.938. The second kappa shape index (κ2) is 6.33. The van der Waals surface area contributed by atoms with Crippen molar-refractivity contribution in [2.24, 2.45) is 17.6 Å². The normalized spacial score (nSPS) is 34.9. The Balaban J connectivity index is 2.07. The van der Waals surface area contributed by atoms with Crippen molar-refractivity contribution < 1.29 is 4.79 Å². The minimum atomic E-state index is -0.116. The standard InChI is InChI=1S/C16H31N3O/c1-13-6-4-8-16(10-13,12-17)18(3)15(20)19-9-5-7-14(2)11-19/h13-14H,4-12,17H2,1-3H3. The van der Waals surface area contributed by atoms with Gasteiger partial charge in [0, 0.05) is 26.7 Å². The number of amides is 2. The third-order valence-electron chi connectivity index (χ3n) is 5.37. The molecule has 3 atom stereocenters. The minimum absolute atomic E-state index is 0.116. The zero-order valence-corrected chi connectivity index (χ0v) is 13.4. The first-order valence-electron chi connectivity index (χ1n) is 8.21. The maximum Gasteiger partial charge on any atom is 0.320 e. The molecule has 4 heteroatoms. The van der Waals surface area contributed by atoms with Gasteiger partial charge >= 0.3 is 6.03 Å². The maximum atomic E-state index is 12.8. The molecule has 1 saturated heterocycles. The number of hydrogen-bond donors (Lipinski definition) is 1. The first-order chi connectivity index (χ1) is 9.48. The van der Waals surface area contributed by atoms with E-state index < -0.39 is 0 Å². The smallest absolute Gasteiger partial charge is 0.320 e. The van der Waals surface area contributed by atoms with Gasteiger partial charge in [0.25, 0.3) is 0 Å². The van der Waals surface area contributed by atoms with Crippen LogP contribution in [0.25, 0.3) is 0 Å². The third kappa shape index (κ3) is 3.11. The average molecular weight is 281 g/mol. The molecule has 0 aromatic heterocycles. The predicted octanol–water partition coefficient (Wildman–Crippen LogP) is 2.68. The van der Waals surface area contributed by atoms with Crippen LogP contribution in [0.5, 0.6) is 0 Å². The number of urea groups is 1. The van der Waals surface area contributed by atoms with Crippen LogP contribution in [0.4, 0.5) is 4.79 Å². The molecule has 2 N–H and O–H groups in total. The van der Waals surface area contributed by atoms with E-state index in [4.69, 9.17) is 5.73 Å². The molecule has 1 aliphatic carbocycles. The molecule has 0 aromatic carbocycles. The van der Waals surface area contributed by atoms with Crippen LogP contribution in [-0.4, -0.2) is 48.1 Å². The van der Waals surface area contributed by atoms with Gasteiger partial charge in [0.2, 0.25) is 0 Å². The van der Waals surface area contributed by atoms with Crippen molar-refractivity contribution in [3.05, 3.63) is 0 Å². The fourth-order valence-electron chi connectivity index (χ4n) is 4.04. The molecule has 2 fully saturated rings. The van der Waals surface area contributed by atoms with Crippen molar-refractivity contribution in [2.45, 2.75) is 57.9 Å². The summed E-state index contributed by atoms with van der Waals surface area (Å²) in [6.45, 7) is 6.91. The summed E-state index contributed by atoms with van der Waals surface area (Å²) >= 11 is 0. The molecular formula is C16H31N3O. The first-order valence-corrected chi connectivity index (χ1v) is 8.21. The van der Waals surface area contributed by atoms with E-state index in [0.29, 0.717) is 18.4 Å². The van der Waals surface area contributed by atoms with Crippen LogP contribution in [0.2, 0.25) is 0 Å². The zero-order valence-electron chi connectivity index (χ0n) is 13.4. The third-order valence-corrected chi connectivity index (χ3v) is 5.37. The SMILES string of the molecule is CC1CCCN(C(=O)N(C)C2(CN)CCCC(C)C2)C1. The Morgan fingerprint density at radius 3 is 2.60 bits per heavy atom. The van der Waals surface area contributed by atoms with Crippen molar-refractivity contribution in [2.75, 3.05) is 26.7 Å². The van der Waals surface area contributed by atoms with E-state index in [-0.39, 0.29) is 11.6 Å². The summed E-state index contributed by atoms with van der Waals surface area (Å²) in [5.41, 5.74) is 5.97. The van der Waals surface area contributed by atoms with Crippen LogP contribution in [-0.2, 0) is 0 Å². The van der Waals surface area contributed by atoms with Crippen LogP contribution in [0.1, 0.15) is 52.4 Å². The number of carbonyl (C=O) groups is 1. The Morgan fingerprint density at radius 2 is 2.00 bits per heavy atom. The van der Waals surface area contributed by atoms with E-state index in [1.54, 1.807) is 0 Å². The Kier molecular flexibility index (Phi) is 4.95. The highest BCUT2D eigenvalue weighted by molar-refractivity contribution is 5.75. The molecule has 0 bridgehead atoms. The lowest BCUT2D eigenvalue weighted by atomic mass is 9.75. The highest BCUT2D eigenvalue weighted by Crippen LogP contribution is 2.36. The van der Waals surface area contributed by atoms with E-state index in [9.17, 15) is 4.79 Å². The number of hydrogen-bond acceptors (Lipinski definition) is 2. The van der Waals surface area contributed by atoms with Gasteiger partial charge in [0.1, 0.15) is 0 Å². The average Bonchev–Trinajstić information content (AvgIpc) is 2.45. The molecule has 2 rings (SSSR count). The summed E-state index contributed by atoms with van der Waals surface area (Å²) in [4.78, 5) is 16.8. The van der Waals surface area contributed by atoms with Crippen molar-refractivity contribution in [1.82, 2.24) is 9.80 Å². The van der Waals surface area contributed by atoms with Gasteiger partial charge < -0.3 is 15.5 Å². The highest BCUT2D eigenvalue weighted by atomic mass is 16.2. The lowest BCUT2D eigenvalue weighted by Crippen LogP contribution is -2.60. The summed E-state index contributed by atoms with van der Waals surface area (Å²) in [5.74, 6) is 1.29. The number of rotatable bonds is 2. The molecule has 2 aliphatic rings. The van der Waals surface area contributed by atoms with Gasteiger partial charge in [-0.3, -0.25) is 0 Å². The number of likely N-dealkylation sites (tertiary alicyclic amines) is 1. The molecule has 4 nitrogen and oxygen atoms in total. The summed E-state index contributed by atoms with van der Waals surface area (Å²) in [6, 6.07) is 0.191. The zero-order chi connectivity index (χ0) is 14.8. The van der Waals surface area contributed by atoms with E-state index >= 15 is 0 Å². The second-order valence-electron chi connectivity index (χ2n) is 7.16. The molecule has 1 aliphatic heterocycles. The molecule has 0 aromatic rings. The van der Waals surface area contributed by atoms with Gasteiger partial charge in [0.05, 0.1) is 5.54 Å². The maximum absolute atomic E-state index is 12.8. The second-order valence-corrected chi connectivity index (χ2v) is 7.16. The first kappa shape index (κ1) is 15.6. The Hall–Kier alpha value is -0.770. The molecule has 0 spiro atoms. The van der Waals surface area contributed by atoms with Crippen molar-refractivity contribution >= 4 is 6.03 Å². The topological polar surface area (TPSA) is 49.6 Å². The monoisotopic (exact) mass is 281 g/mol. The molecule has 1 saturated carbocycles. The van der Waals surface area contributed by atoms with E-state index in [1.807, 2.05) is 16.8 Å². The molecule has 1 heterocycles. The van der Waals surface area contributed by atoms with Crippen molar-refractivity contribution in [3.8, 4) is 0 Å². The minimum Gasteiger partial charge on any atom is -0.328 e. The number of carbonyl (C=O) groups excluding carboxylic acids is 1. The molecular weight excluding hydrogens is 250 g/mol. The largest absolute Gasteiger partial charge is 0.328 e. The molecule has 20 heavy (non-hydrogen) atoms. The lowest BCUT2D eigenvalue weighted by molar-refractivity contribution is 0.0578. The molecule has 116 valence electrons. The Labute approximate surface area is 123 Å². The van der Waals surface area contributed by atoms with Gasteiger partial charge in [-0.25, -0.2) is 4.79 Å². The van der Waals surface area contributed by atoms with Crippen molar-refractivity contribution in [1.29, 1.82) is 0 Å². The fourth-order valence-corrected chi connectivity index (χ4v) is 4.04. The van der Waals surface area contributed by atoms with Crippen LogP contribution in [0.3, 0.4) is 0 Å². The summed E-state index contributed by atoms with van der Waals surface area (Å²) in [7, 11) is 1.96.